The third kappa shape index (κ3) is 4.83. The highest BCUT2D eigenvalue weighted by atomic mass is 32.2. The van der Waals surface area contributed by atoms with Crippen molar-refractivity contribution in [3.8, 4) is 5.75 Å². The Bertz CT molecular complexity index is 976. The van der Waals surface area contributed by atoms with E-state index in [4.69, 9.17) is 4.74 Å². The van der Waals surface area contributed by atoms with E-state index in [2.05, 4.69) is 4.98 Å². The van der Waals surface area contributed by atoms with Gasteiger partial charge >= 0.3 is 0 Å². The molecule has 0 aliphatic rings. The number of anilines is 1. The Balaban J connectivity index is 1.95. The van der Waals surface area contributed by atoms with Crippen molar-refractivity contribution >= 4 is 15.7 Å². The standard InChI is InChI=1S/C20H19FN2O3S/c1-26-20-10-8-19(9-11-20)23(14-17-3-2-12-22-13-17)27(24,25)15-16-4-6-18(21)7-5-16/h2-13H,14-15H2,1H3. The molecular formula is C20H19FN2O3S. The SMILES string of the molecule is COc1ccc(N(Cc2cccnc2)S(=O)(=O)Cc2ccc(F)cc2)cc1. The van der Waals surface area contributed by atoms with Gasteiger partial charge in [-0.2, -0.15) is 0 Å². The van der Waals surface area contributed by atoms with Crippen molar-refractivity contribution in [1.82, 2.24) is 4.98 Å². The van der Waals surface area contributed by atoms with Crippen LogP contribution in [0.1, 0.15) is 11.1 Å². The Labute approximate surface area is 158 Å². The number of hydrogen-bond acceptors (Lipinski definition) is 4. The monoisotopic (exact) mass is 386 g/mol. The Morgan fingerprint density at radius 3 is 2.30 bits per heavy atom. The second-order valence-corrected chi connectivity index (χ2v) is 7.84. The van der Waals surface area contributed by atoms with E-state index in [1.165, 1.54) is 28.6 Å². The summed E-state index contributed by atoms with van der Waals surface area (Å²) in [5.74, 6) is -0.00549. The summed E-state index contributed by atoms with van der Waals surface area (Å²) in [7, 11) is -2.17. The maximum atomic E-state index is 13.1. The molecule has 0 unspecified atom stereocenters. The lowest BCUT2D eigenvalue weighted by atomic mass is 10.2. The lowest BCUT2D eigenvalue weighted by Crippen LogP contribution is -2.31. The number of pyridine rings is 1. The number of hydrogen-bond donors (Lipinski definition) is 0. The first-order chi connectivity index (χ1) is 13.0. The van der Waals surface area contributed by atoms with Crippen LogP contribution in [0.2, 0.25) is 0 Å². The molecule has 0 radical (unpaired) electrons. The predicted octanol–water partition coefficient (Wildman–Crippen LogP) is 3.77. The van der Waals surface area contributed by atoms with Gasteiger partial charge in [0, 0.05) is 12.4 Å². The fraction of sp³-hybridized carbons (Fsp3) is 0.150. The average molecular weight is 386 g/mol. The molecule has 0 aliphatic carbocycles. The fourth-order valence-electron chi connectivity index (χ4n) is 2.63. The minimum atomic E-state index is -3.72. The van der Waals surface area contributed by atoms with E-state index >= 15 is 0 Å². The zero-order valence-corrected chi connectivity index (χ0v) is 15.6. The normalized spacial score (nSPS) is 11.2. The van der Waals surface area contributed by atoms with Crippen LogP contribution in [0.15, 0.2) is 73.1 Å². The van der Waals surface area contributed by atoms with Gasteiger partial charge in [0.15, 0.2) is 0 Å². The van der Waals surface area contributed by atoms with Crippen LogP contribution >= 0.6 is 0 Å². The quantitative estimate of drug-likeness (QED) is 0.620. The van der Waals surface area contributed by atoms with Crippen LogP contribution in [0, 0.1) is 5.82 Å². The van der Waals surface area contributed by atoms with Crippen molar-refractivity contribution in [2.75, 3.05) is 11.4 Å². The van der Waals surface area contributed by atoms with Gasteiger partial charge in [-0.3, -0.25) is 9.29 Å². The third-order valence-corrected chi connectivity index (χ3v) is 5.72. The van der Waals surface area contributed by atoms with E-state index in [1.54, 1.807) is 49.8 Å². The molecule has 0 fully saturated rings. The Hall–Kier alpha value is -2.93. The van der Waals surface area contributed by atoms with Gasteiger partial charge in [0.25, 0.3) is 0 Å². The van der Waals surface area contributed by atoms with Crippen molar-refractivity contribution in [2.45, 2.75) is 12.3 Å². The largest absolute Gasteiger partial charge is 0.497 e. The molecule has 0 aliphatic heterocycles. The average Bonchev–Trinajstić information content (AvgIpc) is 2.68. The lowest BCUT2D eigenvalue weighted by Gasteiger charge is -2.25. The lowest BCUT2D eigenvalue weighted by molar-refractivity contribution is 0.415. The molecule has 5 nitrogen and oxygen atoms in total. The molecule has 1 aromatic heterocycles. The highest BCUT2D eigenvalue weighted by molar-refractivity contribution is 7.92. The molecule has 27 heavy (non-hydrogen) atoms. The highest BCUT2D eigenvalue weighted by Crippen LogP contribution is 2.25. The molecule has 3 rings (SSSR count). The van der Waals surface area contributed by atoms with E-state index < -0.39 is 15.8 Å². The maximum Gasteiger partial charge on any atom is 0.239 e. The van der Waals surface area contributed by atoms with Crippen LogP contribution in [0.25, 0.3) is 0 Å². The second-order valence-electron chi connectivity index (χ2n) is 5.95. The molecule has 0 saturated carbocycles. The van der Waals surface area contributed by atoms with Crippen LogP contribution in [-0.2, 0) is 22.3 Å². The number of sulfonamides is 1. The predicted molar refractivity (Wildman–Crippen MR) is 102 cm³/mol. The van der Waals surface area contributed by atoms with Crippen LogP contribution in [0.4, 0.5) is 10.1 Å². The smallest absolute Gasteiger partial charge is 0.239 e. The number of benzene rings is 2. The van der Waals surface area contributed by atoms with Gasteiger partial charge in [0.1, 0.15) is 11.6 Å². The molecule has 0 amide bonds. The maximum absolute atomic E-state index is 13.1. The van der Waals surface area contributed by atoms with Crippen molar-refractivity contribution in [3.05, 3.63) is 90.0 Å². The number of methoxy groups -OCH3 is 1. The van der Waals surface area contributed by atoms with Crippen LogP contribution in [0.5, 0.6) is 5.75 Å². The fourth-order valence-corrected chi connectivity index (χ4v) is 4.18. The van der Waals surface area contributed by atoms with Gasteiger partial charge in [-0.15, -0.1) is 0 Å². The zero-order chi connectivity index (χ0) is 19.3. The van der Waals surface area contributed by atoms with E-state index in [9.17, 15) is 12.8 Å². The topological polar surface area (TPSA) is 59.5 Å². The summed E-state index contributed by atoms with van der Waals surface area (Å²) >= 11 is 0. The summed E-state index contributed by atoms with van der Waals surface area (Å²) in [6.07, 6.45) is 3.26. The summed E-state index contributed by atoms with van der Waals surface area (Å²) in [6.45, 7) is 0.143. The number of halogens is 1. The molecule has 0 saturated heterocycles. The van der Waals surface area contributed by atoms with Crippen molar-refractivity contribution in [3.63, 3.8) is 0 Å². The van der Waals surface area contributed by atoms with Crippen LogP contribution in [-0.4, -0.2) is 20.5 Å². The van der Waals surface area contributed by atoms with Gasteiger partial charge in [-0.1, -0.05) is 18.2 Å². The highest BCUT2D eigenvalue weighted by Gasteiger charge is 2.23. The van der Waals surface area contributed by atoms with Crippen LogP contribution < -0.4 is 9.04 Å². The summed E-state index contributed by atoms with van der Waals surface area (Å²) in [6, 6.07) is 15.8. The van der Waals surface area contributed by atoms with Crippen molar-refractivity contribution in [2.24, 2.45) is 0 Å². The molecule has 0 N–H and O–H groups in total. The van der Waals surface area contributed by atoms with Gasteiger partial charge in [-0.25, -0.2) is 12.8 Å². The summed E-state index contributed by atoms with van der Waals surface area (Å²) < 4.78 is 45.8. The minimum absolute atomic E-state index is 0.143. The number of ether oxygens (including phenoxy) is 1. The summed E-state index contributed by atoms with van der Waals surface area (Å²) in [5, 5.41) is 0. The van der Waals surface area contributed by atoms with Gasteiger partial charge in [0.2, 0.25) is 10.0 Å². The number of nitrogens with zero attached hydrogens (tertiary/aromatic N) is 2. The number of rotatable bonds is 7. The zero-order valence-electron chi connectivity index (χ0n) is 14.7. The summed E-state index contributed by atoms with van der Waals surface area (Å²) in [5.41, 5.74) is 1.79. The van der Waals surface area contributed by atoms with Crippen molar-refractivity contribution < 1.29 is 17.5 Å². The van der Waals surface area contributed by atoms with E-state index in [0.29, 0.717) is 17.0 Å². The molecular weight excluding hydrogens is 367 g/mol. The minimum Gasteiger partial charge on any atom is -0.497 e. The number of aromatic nitrogens is 1. The van der Waals surface area contributed by atoms with E-state index in [0.717, 1.165) is 5.56 Å². The van der Waals surface area contributed by atoms with Gasteiger partial charge in [0.05, 0.1) is 25.1 Å². The Kier molecular flexibility index (Phi) is 5.71. The van der Waals surface area contributed by atoms with E-state index in [1.807, 2.05) is 6.07 Å². The molecule has 0 bridgehead atoms. The van der Waals surface area contributed by atoms with Crippen molar-refractivity contribution in [1.29, 1.82) is 0 Å². The third-order valence-electron chi connectivity index (χ3n) is 4.01. The van der Waals surface area contributed by atoms with Gasteiger partial charge in [-0.05, 0) is 53.6 Å². The molecule has 2 aromatic carbocycles. The first kappa shape index (κ1) is 18.8. The second kappa shape index (κ2) is 8.18. The molecule has 0 spiro atoms. The van der Waals surface area contributed by atoms with E-state index in [-0.39, 0.29) is 12.3 Å². The molecule has 1 heterocycles. The van der Waals surface area contributed by atoms with Gasteiger partial charge < -0.3 is 4.74 Å². The van der Waals surface area contributed by atoms with Crippen LogP contribution in [0.3, 0.4) is 0 Å². The molecule has 0 atom stereocenters. The summed E-state index contributed by atoms with van der Waals surface area (Å²) in [4.78, 5) is 4.05. The first-order valence-electron chi connectivity index (χ1n) is 8.26. The Morgan fingerprint density at radius 1 is 1.00 bits per heavy atom. The molecule has 3 aromatic rings. The Morgan fingerprint density at radius 2 is 1.70 bits per heavy atom. The molecule has 140 valence electrons. The molecule has 7 heteroatoms. The first-order valence-corrected chi connectivity index (χ1v) is 9.87.